The summed E-state index contributed by atoms with van der Waals surface area (Å²) in [5.74, 6) is 1.12. The van der Waals surface area contributed by atoms with Crippen LogP contribution in [0.3, 0.4) is 0 Å². The summed E-state index contributed by atoms with van der Waals surface area (Å²) in [6, 6.07) is 13.7. The Bertz CT molecular complexity index is 537. The van der Waals surface area contributed by atoms with Crippen molar-refractivity contribution in [1.82, 2.24) is 0 Å². The van der Waals surface area contributed by atoms with Crippen molar-refractivity contribution in [3.63, 3.8) is 0 Å². The van der Waals surface area contributed by atoms with Gasteiger partial charge in [-0.3, -0.25) is 0 Å². The number of nitrogens with zero attached hydrogens (tertiary/aromatic N) is 1. The first kappa shape index (κ1) is 11.3. The van der Waals surface area contributed by atoms with Gasteiger partial charge in [-0.1, -0.05) is 25.1 Å². The summed E-state index contributed by atoms with van der Waals surface area (Å²) in [6.45, 7) is 2.72. The van der Waals surface area contributed by atoms with Crippen LogP contribution in [0, 0.1) is 11.3 Å². The lowest BCUT2D eigenvalue weighted by Gasteiger charge is -2.09. The number of hydrogen-bond acceptors (Lipinski definition) is 3. The number of nitriles is 1. The highest BCUT2D eigenvalue weighted by atomic mass is 16.3. The molecule has 0 aliphatic carbocycles. The fourth-order valence-electron chi connectivity index (χ4n) is 1.72. The van der Waals surface area contributed by atoms with Crippen LogP contribution >= 0.6 is 0 Å². The zero-order valence-corrected chi connectivity index (χ0v) is 9.73. The molecular formula is C14H14N2O. The van der Waals surface area contributed by atoms with Crippen molar-refractivity contribution in [2.75, 3.05) is 5.32 Å². The molecule has 0 saturated carbocycles. The van der Waals surface area contributed by atoms with E-state index in [4.69, 9.17) is 9.68 Å². The summed E-state index contributed by atoms with van der Waals surface area (Å²) < 4.78 is 5.30. The molecule has 2 rings (SSSR count). The van der Waals surface area contributed by atoms with E-state index in [-0.39, 0.29) is 0 Å². The van der Waals surface area contributed by atoms with Gasteiger partial charge in [0, 0.05) is 5.69 Å². The normalized spacial score (nSPS) is 9.88. The van der Waals surface area contributed by atoms with Gasteiger partial charge in [-0.2, -0.15) is 5.26 Å². The summed E-state index contributed by atoms with van der Waals surface area (Å²) in [6.07, 6.45) is 0.991. The molecule has 3 heteroatoms. The number of nitrogens with one attached hydrogen (secondary N) is 1. The maximum absolute atomic E-state index is 8.65. The van der Waals surface area contributed by atoms with Gasteiger partial charge in [-0.15, -0.1) is 0 Å². The molecular weight excluding hydrogens is 212 g/mol. The molecule has 1 aromatic carbocycles. The minimum absolute atomic E-state index is 0.352. The van der Waals surface area contributed by atoms with E-state index in [1.807, 2.05) is 30.3 Å². The second-order valence-electron chi connectivity index (χ2n) is 3.74. The number of anilines is 1. The van der Waals surface area contributed by atoms with Crippen LogP contribution in [-0.4, -0.2) is 0 Å². The van der Waals surface area contributed by atoms with Gasteiger partial charge in [0.1, 0.15) is 11.8 Å². The van der Waals surface area contributed by atoms with E-state index in [2.05, 4.69) is 18.3 Å². The smallest absolute Gasteiger partial charge is 0.203 e. The molecule has 0 bridgehead atoms. The third-order valence-electron chi connectivity index (χ3n) is 2.62. The van der Waals surface area contributed by atoms with Crippen LogP contribution in [0.25, 0.3) is 0 Å². The number of aryl methyl sites for hydroxylation is 1. The highest BCUT2D eigenvalue weighted by molar-refractivity contribution is 5.51. The molecule has 0 fully saturated rings. The highest BCUT2D eigenvalue weighted by Crippen LogP contribution is 2.17. The molecule has 0 spiro atoms. The van der Waals surface area contributed by atoms with E-state index < -0.39 is 0 Å². The van der Waals surface area contributed by atoms with E-state index in [0.29, 0.717) is 12.3 Å². The molecule has 86 valence electrons. The van der Waals surface area contributed by atoms with Crippen LogP contribution in [0.15, 0.2) is 40.8 Å². The summed E-state index contributed by atoms with van der Waals surface area (Å²) in [5, 5.41) is 12.0. The molecule has 0 atom stereocenters. The fourth-order valence-corrected chi connectivity index (χ4v) is 1.72. The Morgan fingerprint density at radius 2 is 2.06 bits per heavy atom. The molecule has 0 aliphatic heterocycles. The lowest BCUT2D eigenvalue weighted by atomic mass is 10.1. The van der Waals surface area contributed by atoms with Crippen LogP contribution in [-0.2, 0) is 13.0 Å². The predicted octanol–water partition coefficient (Wildman–Crippen LogP) is 3.33. The summed E-state index contributed by atoms with van der Waals surface area (Å²) >= 11 is 0. The minimum atomic E-state index is 0.352. The van der Waals surface area contributed by atoms with E-state index in [0.717, 1.165) is 17.9 Å². The number of hydrogen-bond donors (Lipinski definition) is 1. The summed E-state index contributed by atoms with van der Waals surface area (Å²) in [4.78, 5) is 0. The number of furan rings is 1. The Kier molecular flexibility index (Phi) is 3.46. The average Bonchev–Trinajstić information content (AvgIpc) is 2.84. The van der Waals surface area contributed by atoms with Gasteiger partial charge in [0.2, 0.25) is 5.76 Å². The van der Waals surface area contributed by atoms with Crippen LogP contribution in [0.2, 0.25) is 0 Å². The lowest BCUT2D eigenvalue weighted by molar-refractivity contribution is 0.506. The van der Waals surface area contributed by atoms with Crippen molar-refractivity contribution in [2.45, 2.75) is 19.9 Å². The molecule has 0 unspecified atom stereocenters. The van der Waals surface area contributed by atoms with Crippen LogP contribution in [0.5, 0.6) is 0 Å². The molecule has 1 heterocycles. The van der Waals surface area contributed by atoms with Gasteiger partial charge < -0.3 is 9.73 Å². The highest BCUT2D eigenvalue weighted by Gasteiger charge is 2.02. The molecule has 1 aromatic heterocycles. The van der Waals surface area contributed by atoms with Gasteiger partial charge in [0.25, 0.3) is 0 Å². The number of rotatable bonds is 4. The van der Waals surface area contributed by atoms with Crippen molar-refractivity contribution in [3.8, 4) is 6.07 Å². The second kappa shape index (κ2) is 5.22. The number of para-hydroxylation sites is 1. The fraction of sp³-hybridized carbons (Fsp3) is 0.214. The summed E-state index contributed by atoms with van der Waals surface area (Å²) in [5.41, 5.74) is 2.39. The van der Waals surface area contributed by atoms with Gasteiger partial charge in [0.05, 0.1) is 6.54 Å². The molecule has 0 aliphatic rings. The first-order valence-corrected chi connectivity index (χ1v) is 5.64. The SMILES string of the molecule is CCc1ccccc1NCc1ccc(C#N)o1. The van der Waals surface area contributed by atoms with E-state index in [9.17, 15) is 0 Å². The van der Waals surface area contributed by atoms with Crippen molar-refractivity contribution in [3.05, 3.63) is 53.5 Å². The monoisotopic (exact) mass is 226 g/mol. The van der Waals surface area contributed by atoms with Crippen molar-refractivity contribution < 1.29 is 4.42 Å². The van der Waals surface area contributed by atoms with Crippen molar-refractivity contribution >= 4 is 5.69 Å². The maximum atomic E-state index is 8.65. The Morgan fingerprint density at radius 1 is 1.24 bits per heavy atom. The average molecular weight is 226 g/mol. The van der Waals surface area contributed by atoms with Crippen LogP contribution < -0.4 is 5.32 Å². The summed E-state index contributed by atoms with van der Waals surface area (Å²) in [7, 11) is 0. The second-order valence-corrected chi connectivity index (χ2v) is 3.74. The molecule has 2 aromatic rings. The largest absolute Gasteiger partial charge is 0.449 e. The van der Waals surface area contributed by atoms with E-state index >= 15 is 0 Å². The number of benzene rings is 1. The zero-order chi connectivity index (χ0) is 12.1. The molecule has 1 N–H and O–H groups in total. The quantitative estimate of drug-likeness (QED) is 0.869. The maximum Gasteiger partial charge on any atom is 0.203 e. The first-order valence-electron chi connectivity index (χ1n) is 5.64. The zero-order valence-electron chi connectivity index (χ0n) is 9.73. The topological polar surface area (TPSA) is 49.0 Å². The lowest BCUT2D eigenvalue weighted by Crippen LogP contribution is -2.00. The van der Waals surface area contributed by atoms with E-state index in [1.54, 1.807) is 6.07 Å². The van der Waals surface area contributed by atoms with Crippen LogP contribution in [0.1, 0.15) is 24.0 Å². The minimum Gasteiger partial charge on any atom is -0.449 e. The van der Waals surface area contributed by atoms with Gasteiger partial charge in [-0.25, -0.2) is 0 Å². The van der Waals surface area contributed by atoms with Gasteiger partial charge in [-0.05, 0) is 30.2 Å². The van der Waals surface area contributed by atoms with Gasteiger partial charge >= 0.3 is 0 Å². The Morgan fingerprint density at radius 3 is 2.76 bits per heavy atom. The molecule has 0 saturated heterocycles. The van der Waals surface area contributed by atoms with Crippen molar-refractivity contribution in [1.29, 1.82) is 5.26 Å². The van der Waals surface area contributed by atoms with Gasteiger partial charge in [0.15, 0.2) is 0 Å². The molecule has 0 amide bonds. The standard InChI is InChI=1S/C14H14N2O/c1-2-11-5-3-4-6-14(11)16-10-13-8-7-12(9-15)17-13/h3-8,16H,2,10H2,1H3. The first-order chi connectivity index (χ1) is 8.33. The third kappa shape index (κ3) is 2.67. The molecule has 3 nitrogen and oxygen atoms in total. The Hall–Kier alpha value is -2.21. The third-order valence-corrected chi connectivity index (χ3v) is 2.62. The Labute approximate surface area is 101 Å². The molecule has 17 heavy (non-hydrogen) atoms. The van der Waals surface area contributed by atoms with Crippen LogP contribution in [0.4, 0.5) is 5.69 Å². The van der Waals surface area contributed by atoms with Crippen molar-refractivity contribution in [2.24, 2.45) is 0 Å². The molecule has 0 radical (unpaired) electrons. The van der Waals surface area contributed by atoms with E-state index in [1.165, 1.54) is 5.56 Å². The Balaban J connectivity index is 2.05. The predicted molar refractivity (Wildman–Crippen MR) is 66.6 cm³/mol.